The highest BCUT2D eigenvalue weighted by Crippen LogP contribution is 2.35. The topological polar surface area (TPSA) is 122 Å². The summed E-state index contributed by atoms with van der Waals surface area (Å²) in [7, 11) is 2.10. The van der Waals surface area contributed by atoms with E-state index in [-0.39, 0.29) is 21.9 Å². The van der Waals surface area contributed by atoms with E-state index in [0.717, 1.165) is 26.2 Å². The summed E-state index contributed by atoms with van der Waals surface area (Å²) in [5.74, 6) is -0.225. The maximum atomic E-state index is 14.7. The summed E-state index contributed by atoms with van der Waals surface area (Å²) in [6.07, 6.45) is 3.53. The number of nitrogens with one attached hydrogen (secondary N) is 2. The fourth-order valence-electron chi connectivity index (χ4n) is 4.12. The third-order valence-electron chi connectivity index (χ3n) is 6.46. The van der Waals surface area contributed by atoms with Gasteiger partial charge in [0.05, 0.1) is 17.3 Å². The van der Waals surface area contributed by atoms with Gasteiger partial charge in [0.15, 0.2) is 0 Å². The molecule has 0 bridgehead atoms. The molecule has 0 atom stereocenters. The monoisotopic (exact) mass is 665 g/mol. The molecule has 0 saturated carbocycles. The molecule has 1 aromatic carbocycles. The van der Waals surface area contributed by atoms with Gasteiger partial charge in [-0.15, -0.1) is 0 Å². The van der Waals surface area contributed by atoms with E-state index in [0.29, 0.717) is 46.8 Å². The molecular weight excluding hydrogens is 621 g/mol. The first-order chi connectivity index (χ1) is 20.6. The lowest BCUT2D eigenvalue weighted by atomic mass is 10.1. The van der Waals surface area contributed by atoms with Crippen molar-refractivity contribution in [3.8, 4) is 0 Å². The lowest BCUT2D eigenvalue weighted by Crippen LogP contribution is -2.45. The number of aromatic nitrogens is 1. The molecule has 1 saturated heterocycles. The number of rotatable bonds is 13. The number of amides is 1. The second-order valence-corrected chi connectivity index (χ2v) is 16.1. The molecule has 1 aliphatic rings. The fourth-order valence-corrected chi connectivity index (χ4v) is 6.01. The Bertz CT molecular complexity index is 1340. The van der Waals surface area contributed by atoms with E-state index in [1.165, 1.54) is 42.0 Å². The molecule has 0 spiro atoms. The molecule has 3 rings (SSSR count). The summed E-state index contributed by atoms with van der Waals surface area (Å²) in [6.45, 7) is 15.3. The summed E-state index contributed by atoms with van der Waals surface area (Å²) in [4.78, 5) is 21.6. The second kappa shape index (κ2) is 16.2. The van der Waals surface area contributed by atoms with Crippen molar-refractivity contribution in [2.75, 3.05) is 57.0 Å². The zero-order valence-electron chi connectivity index (χ0n) is 26.4. The first-order valence-electron chi connectivity index (χ1n) is 14.5. The van der Waals surface area contributed by atoms with Crippen LogP contribution in [0.4, 0.5) is 15.9 Å². The Morgan fingerprint density at radius 3 is 2.50 bits per heavy atom. The Kier molecular flexibility index (Phi) is 13.2. The van der Waals surface area contributed by atoms with Gasteiger partial charge < -0.3 is 36.1 Å². The smallest absolute Gasteiger partial charge is 0.226 e. The van der Waals surface area contributed by atoms with Crippen molar-refractivity contribution in [2.24, 2.45) is 11.5 Å². The number of halogens is 2. The lowest BCUT2D eigenvalue weighted by Gasteiger charge is -2.32. The molecule has 9 nitrogen and oxygen atoms in total. The number of likely N-dealkylation sites (N-methyl/N-ethyl adjacent to an activating group) is 1. The van der Waals surface area contributed by atoms with E-state index in [1.807, 2.05) is 13.8 Å². The molecule has 1 aliphatic heterocycles. The number of carbonyl (C=O) groups excluding carboxylic acids is 1. The largest absolute Gasteiger partial charge is 0.398 e. The van der Waals surface area contributed by atoms with E-state index < -0.39 is 10.6 Å². The van der Waals surface area contributed by atoms with Gasteiger partial charge >= 0.3 is 0 Å². The molecule has 1 aromatic heterocycles. The van der Waals surface area contributed by atoms with E-state index in [9.17, 15) is 9.18 Å². The lowest BCUT2D eigenvalue weighted by molar-refractivity contribution is -0.116. The van der Waals surface area contributed by atoms with Crippen molar-refractivity contribution in [1.29, 1.82) is 0 Å². The first kappa shape index (κ1) is 36.0. The van der Waals surface area contributed by atoms with Crippen molar-refractivity contribution >= 4 is 58.5 Å². The van der Waals surface area contributed by atoms with Gasteiger partial charge in [0, 0.05) is 82.9 Å². The molecule has 6 N–H and O–H groups in total. The van der Waals surface area contributed by atoms with Crippen molar-refractivity contribution in [1.82, 2.24) is 14.8 Å². The van der Waals surface area contributed by atoms with Gasteiger partial charge in [-0.05, 0) is 84.1 Å². The van der Waals surface area contributed by atoms with Crippen LogP contribution >= 0.6 is 35.4 Å². The van der Waals surface area contributed by atoms with Crippen molar-refractivity contribution in [3.63, 3.8) is 0 Å². The van der Waals surface area contributed by atoms with Crippen LogP contribution in [0.15, 0.2) is 53.3 Å². The van der Waals surface area contributed by atoms with Crippen LogP contribution in [0.25, 0.3) is 5.70 Å². The number of carbonyl (C=O) groups is 1. The number of hydrogen-bond donors (Lipinski definition) is 4. The number of hydrogen-bond acceptors (Lipinski definition) is 10. The molecule has 2 aromatic rings. The molecule has 0 aliphatic carbocycles. The SMILES string of the molecule is CN1CCN(CCC(=O)Nc2cc(NC(/C=C(\N)c3cc(Cl)ccc3F)=C(/N)SC(C)(C)COSC(C)(C)C)ccn2)CC1. The minimum atomic E-state index is -0.507. The Morgan fingerprint density at radius 2 is 1.82 bits per heavy atom. The third-order valence-corrected chi connectivity index (χ3v) is 8.54. The van der Waals surface area contributed by atoms with E-state index in [4.69, 9.17) is 27.3 Å². The number of benzene rings is 1. The standard InChI is InChI=1S/C31H45ClFN7O2S2/c1-30(2,3)44-42-20-31(4,5)43-29(35)26(19-25(34)23-17-21(32)7-8-24(23)33)37-22-9-11-36-27(18-22)38-28(41)10-12-40-15-13-39(6)14-16-40/h7-9,11,17-19H,10,12-16,20,34-35H2,1-6H3,(H2,36,37,38,41)/b25-19-,29-26-. The highest BCUT2D eigenvalue weighted by Gasteiger charge is 2.24. The van der Waals surface area contributed by atoms with Crippen molar-refractivity contribution in [3.05, 3.63) is 69.7 Å². The highest BCUT2D eigenvalue weighted by molar-refractivity contribution is 8.04. The summed E-state index contributed by atoms with van der Waals surface area (Å²) in [6, 6.07) is 7.65. The highest BCUT2D eigenvalue weighted by atomic mass is 35.5. The molecule has 1 fully saturated rings. The number of thioether (sulfide) groups is 1. The van der Waals surface area contributed by atoms with Gasteiger partial charge in [-0.25, -0.2) is 9.37 Å². The van der Waals surface area contributed by atoms with Crippen LogP contribution < -0.4 is 22.1 Å². The van der Waals surface area contributed by atoms with Crippen LogP contribution in [0.1, 0.15) is 46.6 Å². The van der Waals surface area contributed by atoms with Crippen LogP contribution in [0.3, 0.4) is 0 Å². The maximum absolute atomic E-state index is 14.7. The average molecular weight is 666 g/mol. The molecule has 1 amide bonds. The van der Waals surface area contributed by atoms with Crippen molar-refractivity contribution < 1.29 is 13.4 Å². The van der Waals surface area contributed by atoms with Crippen LogP contribution in [0, 0.1) is 5.82 Å². The van der Waals surface area contributed by atoms with Crippen LogP contribution in [-0.4, -0.2) is 76.6 Å². The predicted molar refractivity (Wildman–Crippen MR) is 185 cm³/mol. The van der Waals surface area contributed by atoms with Crippen molar-refractivity contribution in [2.45, 2.75) is 50.5 Å². The molecule has 2 heterocycles. The van der Waals surface area contributed by atoms with Gasteiger partial charge in [0.1, 0.15) is 11.6 Å². The Labute approximate surface area is 274 Å². The number of anilines is 2. The molecule has 13 heteroatoms. The number of pyridine rings is 1. The van der Waals surface area contributed by atoms with E-state index in [1.54, 1.807) is 24.4 Å². The number of piperazine rings is 1. The van der Waals surface area contributed by atoms with Gasteiger partial charge in [-0.2, -0.15) is 0 Å². The van der Waals surface area contributed by atoms with E-state index in [2.05, 4.69) is 53.2 Å². The normalized spacial score (nSPS) is 16.0. The molecule has 0 unspecified atom stereocenters. The summed E-state index contributed by atoms with van der Waals surface area (Å²) in [5, 5.41) is 6.95. The Balaban J connectivity index is 1.79. The number of nitrogens with zero attached hydrogens (tertiary/aromatic N) is 3. The van der Waals surface area contributed by atoms with Gasteiger partial charge in [-0.1, -0.05) is 23.4 Å². The Hall–Kier alpha value is -2.48. The Morgan fingerprint density at radius 1 is 1.11 bits per heavy atom. The van der Waals surface area contributed by atoms with Crippen LogP contribution in [0.5, 0.6) is 0 Å². The molecule has 44 heavy (non-hydrogen) atoms. The van der Waals surface area contributed by atoms with Gasteiger partial charge in [0.25, 0.3) is 0 Å². The van der Waals surface area contributed by atoms with Gasteiger partial charge in [-0.3, -0.25) is 4.79 Å². The van der Waals surface area contributed by atoms with Gasteiger partial charge in [0.2, 0.25) is 5.91 Å². The molecular formula is C31H45ClFN7O2S2. The second-order valence-electron chi connectivity index (χ2n) is 12.3. The zero-order chi connectivity index (χ0) is 32.5. The maximum Gasteiger partial charge on any atom is 0.226 e. The number of allylic oxidation sites excluding steroid dienone is 1. The zero-order valence-corrected chi connectivity index (χ0v) is 28.8. The quantitative estimate of drug-likeness (QED) is 0.151. The number of nitrogens with two attached hydrogens (primary N) is 2. The first-order valence-corrected chi connectivity index (χ1v) is 16.4. The minimum Gasteiger partial charge on any atom is -0.398 e. The van der Waals surface area contributed by atoms with Crippen LogP contribution in [-0.2, 0) is 8.98 Å². The minimum absolute atomic E-state index is 0.0495. The third kappa shape index (κ3) is 12.5. The summed E-state index contributed by atoms with van der Waals surface area (Å²) < 4.78 is 20.1. The predicted octanol–water partition coefficient (Wildman–Crippen LogP) is 5.96. The average Bonchev–Trinajstić information content (AvgIpc) is 2.92. The molecule has 242 valence electrons. The summed E-state index contributed by atoms with van der Waals surface area (Å²) in [5.41, 5.74) is 14.4. The molecule has 0 radical (unpaired) electrons. The summed E-state index contributed by atoms with van der Waals surface area (Å²) >= 11 is 8.93. The van der Waals surface area contributed by atoms with Crippen LogP contribution in [0.2, 0.25) is 5.02 Å². The fraction of sp³-hybridized carbons (Fsp3) is 0.484. The van der Waals surface area contributed by atoms with E-state index >= 15 is 0 Å².